The van der Waals surface area contributed by atoms with E-state index in [1.54, 1.807) is 12.1 Å². The molecule has 0 amide bonds. The van der Waals surface area contributed by atoms with Crippen LogP contribution < -0.4 is 24.8 Å². The van der Waals surface area contributed by atoms with E-state index in [-0.39, 0.29) is 5.75 Å². The summed E-state index contributed by atoms with van der Waals surface area (Å²) in [5.41, 5.74) is 1.74. The van der Waals surface area contributed by atoms with Gasteiger partial charge in [-0.05, 0) is 36.8 Å². The number of anilines is 1. The topological polar surface area (TPSA) is 84.3 Å². The molecule has 0 radical (unpaired) electrons. The van der Waals surface area contributed by atoms with Crippen molar-refractivity contribution in [2.75, 3.05) is 32.2 Å². The fourth-order valence-electron chi connectivity index (χ4n) is 2.69. The van der Waals surface area contributed by atoms with E-state index in [2.05, 4.69) is 15.6 Å². The van der Waals surface area contributed by atoms with Crippen LogP contribution in [0.1, 0.15) is 18.9 Å². The Bertz CT molecular complexity index is 808. The normalized spacial score (nSPS) is 13.6. The molecular formula is C20H25N3O4. The fourth-order valence-corrected chi connectivity index (χ4v) is 2.69. The van der Waals surface area contributed by atoms with Gasteiger partial charge >= 0.3 is 0 Å². The third-order valence-electron chi connectivity index (χ3n) is 4.02. The second kappa shape index (κ2) is 9.02. The summed E-state index contributed by atoms with van der Waals surface area (Å²) in [5, 5.41) is 16.4. The second-order valence-corrected chi connectivity index (χ2v) is 6.04. The molecule has 0 aliphatic carbocycles. The SMILES string of the molecule is CCNC(=NCc1ccc(OC)c(O)c1)Nc1ccc2c(c1)OCCCO2. The average molecular weight is 371 g/mol. The Balaban J connectivity index is 1.72. The van der Waals surface area contributed by atoms with Crippen molar-refractivity contribution in [3.63, 3.8) is 0 Å². The molecule has 3 N–H and O–H groups in total. The number of hydrogen-bond donors (Lipinski definition) is 3. The number of aromatic hydroxyl groups is 1. The van der Waals surface area contributed by atoms with E-state index < -0.39 is 0 Å². The van der Waals surface area contributed by atoms with Crippen molar-refractivity contribution < 1.29 is 19.3 Å². The lowest BCUT2D eigenvalue weighted by atomic mass is 10.2. The molecule has 0 bridgehead atoms. The van der Waals surface area contributed by atoms with Crippen molar-refractivity contribution in [2.24, 2.45) is 4.99 Å². The zero-order chi connectivity index (χ0) is 19.1. The van der Waals surface area contributed by atoms with Crippen LogP contribution in [0.5, 0.6) is 23.0 Å². The average Bonchev–Trinajstić information content (AvgIpc) is 2.91. The quantitative estimate of drug-likeness (QED) is 0.553. The van der Waals surface area contributed by atoms with Gasteiger partial charge in [-0.1, -0.05) is 6.07 Å². The highest BCUT2D eigenvalue weighted by Gasteiger charge is 2.11. The van der Waals surface area contributed by atoms with Crippen LogP contribution in [0.15, 0.2) is 41.4 Å². The molecule has 0 atom stereocenters. The highest BCUT2D eigenvalue weighted by molar-refractivity contribution is 5.93. The summed E-state index contributed by atoms with van der Waals surface area (Å²) in [6.07, 6.45) is 0.871. The van der Waals surface area contributed by atoms with Gasteiger partial charge < -0.3 is 30.0 Å². The molecular weight excluding hydrogens is 346 g/mol. The molecule has 0 aromatic heterocycles. The highest BCUT2D eigenvalue weighted by atomic mass is 16.5. The first kappa shape index (κ1) is 18.7. The third kappa shape index (κ3) is 4.97. The monoisotopic (exact) mass is 371 g/mol. The predicted molar refractivity (Wildman–Crippen MR) is 105 cm³/mol. The molecule has 2 aromatic carbocycles. The minimum atomic E-state index is 0.103. The standard InChI is InChI=1S/C20H25N3O4/c1-3-21-20(22-13-14-5-7-17(25-2)16(24)11-14)23-15-6-8-18-19(12-15)27-10-4-9-26-18/h5-8,11-12,24H,3-4,9-10,13H2,1-2H3,(H2,21,22,23). The summed E-state index contributed by atoms with van der Waals surface area (Å²) in [7, 11) is 1.52. The number of aliphatic imine (C=N–C) groups is 1. The maximum absolute atomic E-state index is 9.90. The minimum absolute atomic E-state index is 0.103. The Hall–Kier alpha value is -3.09. The molecule has 1 aliphatic rings. The number of guanidine groups is 1. The summed E-state index contributed by atoms with van der Waals surface area (Å²) < 4.78 is 16.5. The zero-order valence-corrected chi connectivity index (χ0v) is 15.6. The molecule has 0 fully saturated rings. The van der Waals surface area contributed by atoms with Gasteiger partial charge in [-0.25, -0.2) is 4.99 Å². The first-order valence-corrected chi connectivity index (χ1v) is 9.00. The lowest BCUT2D eigenvalue weighted by Crippen LogP contribution is -2.30. The van der Waals surface area contributed by atoms with Gasteiger partial charge in [0.05, 0.1) is 26.9 Å². The van der Waals surface area contributed by atoms with E-state index >= 15 is 0 Å². The van der Waals surface area contributed by atoms with Crippen LogP contribution in [0.2, 0.25) is 0 Å². The maximum Gasteiger partial charge on any atom is 0.196 e. The van der Waals surface area contributed by atoms with E-state index in [9.17, 15) is 5.11 Å². The maximum atomic E-state index is 9.90. The van der Waals surface area contributed by atoms with Gasteiger partial charge in [0.15, 0.2) is 29.0 Å². The Morgan fingerprint density at radius 2 is 1.96 bits per heavy atom. The van der Waals surface area contributed by atoms with Gasteiger partial charge in [-0.15, -0.1) is 0 Å². The van der Waals surface area contributed by atoms with Crippen molar-refractivity contribution in [3.05, 3.63) is 42.0 Å². The largest absolute Gasteiger partial charge is 0.504 e. The Morgan fingerprint density at radius 3 is 2.70 bits per heavy atom. The molecule has 0 spiro atoms. The number of rotatable bonds is 5. The van der Waals surface area contributed by atoms with Crippen LogP contribution in [-0.4, -0.2) is 37.9 Å². The predicted octanol–water partition coefficient (Wildman–Crippen LogP) is 3.14. The first-order valence-electron chi connectivity index (χ1n) is 9.00. The van der Waals surface area contributed by atoms with E-state index in [4.69, 9.17) is 14.2 Å². The number of nitrogens with one attached hydrogen (secondary N) is 2. The van der Waals surface area contributed by atoms with Crippen molar-refractivity contribution >= 4 is 11.6 Å². The van der Waals surface area contributed by atoms with Gasteiger partial charge in [0, 0.05) is 24.7 Å². The Morgan fingerprint density at radius 1 is 1.15 bits per heavy atom. The zero-order valence-electron chi connectivity index (χ0n) is 15.6. The van der Waals surface area contributed by atoms with Gasteiger partial charge in [-0.2, -0.15) is 0 Å². The summed E-state index contributed by atoms with van der Waals surface area (Å²) in [5.74, 6) is 2.68. The number of ether oxygens (including phenoxy) is 3. The molecule has 0 unspecified atom stereocenters. The van der Waals surface area contributed by atoms with E-state index in [0.717, 1.165) is 35.7 Å². The van der Waals surface area contributed by atoms with Gasteiger partial charge in [0.1, 0.15) is 0 Å². The lowest BCUT2D eigenvalue weighted by Gasteiger charge is -2.14. The summed E-state index contributed by atoms with van der Waals surface area (Å²) in [4.78, 5) is 4.58. The van der Waals surface area contributed by atoms with Crippen LogP contribution in [0.4, 0.5) is 5.69 Å². The van der Waals surface area contributed by atoms with E-state index in [1.165, 1.54) is 7.11 Å². The Kier molecular flexibility index (Phi) is 6.25. The molecule has 0 saturated heterocycles. The summed E-state index contributed by atoms with van der Waals surface area (Å²) >= 11 is 0. The van der Waals surface area contributed by atoms with Crippen molar-refractivity contribution in [1.82, 2.24) is 5.32 Å². The fraction of sp³-hybridized carbons (Fsp3) is 0.350. The molecule has 7 nitrogen and oxygen atoms in total. The van der Waals surface area contributed by atoms with Gasteiger partial charge in [0.25, 0.3) is 0 Å². The molecule has 0 saturated carbocycles. The molecule has 1 heterocycles. The molecule has 7 heteroatoms. The summed E-state index contributed by atoms with van der Waals surface area (Å²) in [6.45, 7) is 4.45. The number of fused-ring (bicyclic) bond motifs is 1. The van der Waals surface area contributed by atoms with Gasteiger partial charge in [0.2, 0.25) is 0 Å². The van der Waals surface area contributed by atoms with Crippen LogP contribution >= 0.6 is 0 Å². The van der Waals surface area contributed by atoms with E-state index in [1.807, 2.05) is 31.2 Å². The van der Waals surface area contributed by atoms with E-state index in [0.29, 0.717) is 31.5 Å². The summed E-state index contributed by atoms with van der Waals surface area (Å²) in [6, 6.07) is 11.0. The number of nitrogens with zero attached hydrogens (tertiary/aromatic N) is 1. The number of phenolic OH excluding ortho intramolecular Hbond substituents is 1. The van der Waals surface area contributed by atoms with Crippen LogP contribution in [0.3, 0.4) is 0 Å². The molecule has 3 rings (SSSR count). The Labute approximate surface area is 159 Å². The third-order valence-corrected chi connectivity index (χ3v) is 4.02. The van der Waals surface area contributed by atoms with Crippen LogP contribution in [0.25, 0.3) is 0 Å². The van der Waals surface area contributed by atoms with Gasteiger partial charge in [-0.3, -0.25) is 0 Å². The second-order valence-electron chi connectivity index (χ2n) is 6.04. The number of benzene rings is 2. The minimum Gasteiger partial charge on any atom is -0.504 e. The highest BCUT2D eigenvalue weighted by Crippen LogP contribution is 2.32. The number of phenols is 1. The molecule has 1 aliphatic heterocycles. The van der Waals surface area contributed by atoms with Crippen LogP contribution in [0, 0.1) is 0 Å². The lowest BCUT2D eigenvalue weighted by molar-refractivity contribution is 0.297. The molecule has 27 heavy (non-hydrogen) atoms. The smallest absolute Gasteiger partial charge is 0.196 e. The number of hydrogen-bond acceptors (Lipinski definition) is 5. The molecule has 2 aromatic rings. The number of methoxy groups -OCH3 is 1. The van der Waals surface area contributed by atoms with Crippen molar-refractivity contribution in [3.8, 4) is 23.0 Å². The van der Waals surface area contributed by atoms with Crippen LogP contribution in [-0.2, 0) is 6.54 Å². The first-order chi connectivity index (χ1) is 13.2. The van der Waals surface area contributed by atoms with Crippen molar-refractivity contribution in [2.45, 2.75) is 19.9 Å². The molecule has 144 valence electrons. The van der Waals surface area contributed by atoms with Crippen molar-refractivity contribution in [1.29, 1.82) is 0 Å².